The molecule has 1 fully saturated rings. The molecule has 0 aliphatic carbocycles. The molecule has 1 N–H and O–H groups in total. The lowest BCUT2D eigenvalue weighted by Gasteiger charge is -2.31. The van der Waals surface area contributed by atoms with Crippen molar-refractivity contribution in [2.24, 2.45) is 0 Å². The molecule has 2 atom stereocenters. The van der Waals surface area contributed by atoms with E-state index in [4.69, 9.17) is 0 Å². The lowest BCUT2D eigenvalue weighted by Crippen LogP contribution is -2.38. The lowest BCUT2D eigenvalue weighted by molar-refractivity contribution is 0.268. The van der Waals surface area contributed by atoms with E-state index in [0.717, 1.165) is 24.8 Å². The van der Waals surface area contributed by atoms with E-state index in [-0.39, 0.29) is 5.82 Å². The number of nitrogens with zero attached hydrogens (tertiary/aromatic N) is 1. The monoisotopic (exact) mass is 296 g/mol. The number of halogens is 1. The van der Waals surface area contributed by atoms with Crippen LogP contribution in [-0.4, -0.2) is 42.1 Å². The maximum Gasteiger partial charge on any atom is 0.123 e. The summed E-state index contributed by atoms with van der Waals surface area (Å²) in [4.78, 5) is 2.55. The molecule has 112 valence electrons. The number of hydrogen-bond donors (Lipinski definition) is 1. The second-order valence-electron chi connectivity index (χ2n) is 5.43. The van der Waals surface area contributed by atoms with Gasteiger partial charge in [-0.2, -0.15) is 11.8 Å². The molecule has 2 rings (SSSR count). The molecular formula is C16H25FN2S. The fourth-order valence-electron chi connectivity index (χ4n) is 2.73. The van der Waals surface area contributed by atoms with Gasteiger partial charge in [-0.25, -0.2) is 4.39 Å². The van der Waals surface area contributed by atoms with Gasteiger partial charge in [0.05, 0.1) is 0 Å². The minimum absolute atomic E-state index is 0.161. The standard InChI is InChI=1S/C16H25FN2S/c1-3-18-16(14-4-6-15(17)7-5-14)8-9-19-10-11-20-13(2)12-19/h4-7,13,16,18H,3,8-12H2,1-2H3. The molecule has 1 saturated heterocycles. The molecule has 1 aliphatic heterocycles. The smallest absolute Gasteiger partial charge is 0.123 e. The van der Waals surface area contributed by atoms with Crippen LogP contribution < -0.4 is 5.32 Å². The van der Waals surface area contributed by atoms with Crippen LogP contribution in [0.4, 0.5) is 4.39 Å². The molecule has 1 heterocycles. The van der Waals surface area contributed by atoms with E-state index < -0.39 is 0 Å². The van der Waals surface area contributed by atoms with Gasteiger partial charge in [0, 0.05) is 36.7 Å². The van der Waals surface area contributed by atoms with Crippen LogP contribution in [0.15, 0.2) is 24.3 Å². The second-order valence-corrected chi connectivity index (χ2v) is 6.98. The van der Waals surface area contributed by atoms with Crippen molar-refractivity contribution in [2.75, 3.05) is 31.9 Å². The minimum atomic E-state index is -0.161. The highest BCUT2D eigenvalue weighted by Gasteiger charge is 2.18. The topological polar surface area (TPSA) is 15.3 Å². The quantitative estimate of drug-likeness (QED) is 0.867. The van der Waals surface area contributed by atoms with Crippen molar-refractivity contribution in [3.05, 3.63) is 35.6 Å². The fourth-order valence-corrected chi connectivity index (χ4v) is 3.82. The Bertz CT molecular complexity index is 396. The summed E-state index contributed by atoms with van der Waals surface area (Å²) in [5.41, 5.74) is 1.19. The van der Waals surface area contributed by atoms with Crippen molar-refractivity contribution in [3.63, 3.8) is 0 Å². The van der Waals surface area contributed by atoms with E-state index >= 15 is 0 Å². The third kappa shape index (κ3) is 4.76. The van der Waals surface area contributed by atoms with E-state index in [1.807, 2.05) is 12.1 Å². The largest absolute Gasteiger partial charge is 0.310 e. The first-order valence-corrected chi connectivity index (χ1v) is 8.56. The molecule has 1 aromatic carbocycles. The van der Waals surface area contributed by atoms with Gasteiger partial charge in [0.1, 0.15) is 5.82 Å². The number of thioether (sulfide) groups is 1. The number of nitrogens with one attached hydrogen (secondary N) is 1. The van der Waals surface area contributed by atoms with Gasteiger partial charge in [-0.1, -0.05) is 26.0 Å². The predicted molar refractivity (Wildman–Crippen MR) is 85.8 cm³/mol. The maximum absolute atomic E-state index is 13.0. The molecule has 0 bridgehead atoms. The first kappa shape index (κ1) is 15.8. The molecular weight excluding hydrogens is 271 g/mol. The van der Waals surface area contributed by atoms with Gasteiger partial charge >= 0.3 is 0 Å². The molecule has 4 heteroatoms. The number of rotatable bonds is 6. The summed E-state index contributed by atoms with van der Waals surface area (Å²) in [6.45, 7) is 8.85. The van der Waals surface area contributed by atoms with E-state index in [1.54, 1.807) is 12.1 Å². The highest BCUT2D eigenvalue weighted by Crippen LogP contribution is 2.21. The molecule has 2 nitrogen and oxygen atoms in total. The zero-order valence-corrected chi connectivity index (χ0v) is 13.3. The van der Waals surface area contributed by atoms with E-state index in [2.05, 4.69) is 35.8 Å². The van der Waals surface area contributed by atoms with Crippen LogP contribution in [0, 0.1) is 5.82 Å². The predicted octanol–water partition coefficient (Wildman–Crippen LogP) is 3.30. The Labute approximate surface area is 126 Å². The van der Waals surface area contributed by atoms with E-state index in [0.29, 0.717) is 6.04 Å². The summed E-state index contributed by atoms with van der Waals surface area (Å²) in [6.07, 6.45) is 1.08. The van der Waals surface area contributed by atoms with Crippen molar-refractivity contribution in [3.8, 4) is 0 Å². The van der Waals surface area contributed by atoms with Crippen LogP contribution in [0.2, 0.25) is 0 Å². The molecule has 0 radical (unpaired) electrons. The molecule has 2 unspecified atom stereocenters. The average molecular weight is 296 g/mol. The van der Waals surface area contributed by atoms with Crippen LogP contribution in [0.5, 0.6) is 0 Å². The summed E-state index contributed by atoms with van der Waals surface area (Å²) in [6, 6.07) is 7.23. The van der Waals surface area contributed by atoms with Crippen LogP contribution >= 0.6 is 11.8 Å². The van der Waals surface area contributed by atoms with Gasteiger partial charge in [-0.05, 0) is 30.7 Å². The molecule has 1 aromatic rings. The van der Waals surface area contributed by atoms with Crippen LogP contribution in [0.1, 0.15) is 31.9 Å². The van der Waals surface area contributed by atoms with Crippen LogP contribution in [0.25, 0.3) is 0 Å². The third-order valence-electron chi connectivity index (χ3n) is 3.78. The zero-order valence-electron chi connectivity index (χ0n) is 12.4. The lowest BCUT2D eigenvalue weighted by atomic mass is 10.0. The molecule has 20 heavy (non-hydrogen) atoms. The summed E-state index contributed by atoms with van der Waals surface area (Å²) < 4.78 is 13.0. The maximum atomic E-state index is 13.0. The minimum Gasteiger partial charge on any atom is -0.310 e. The number of hydrogen-bond acceptors (Lipinski definition) is 3. The Hall–Kier alpha value is -0.580. The molecule has 0 aromatic heterocycles. The fraction of sp³-hybridized carbons (Fsp3) is 0.625. The Kier molecular flexibility index (Phi) is 6.33. The summed E-state index contributed by atoms with van der Waals surface area (Å²) in [7, 11) is 0. The summed E-state index contributed by atoms with van der Waals surface area (Å²) in [5, 5.41) is 4.26. The van der Waals surface area contributed by atoms with Crippen LogP contribution in [-0.2, 0) is 0 Å². The highest BCUT2D eigenvalue weighted by molar-refractivity contribution is 7.99. The van der Waals surface area contributed by atoms with Crippen molar-refractivity contribution in [1.29, 1.82) is 0 Å². The van der Waals surface area contributed by atoms with Gasteiger partial charge in [-0.15, -0.1) is 0 Å². The first-order chi connectivity index (χ1) is 9.69. The summed E-state index contributed by atoms with van der Waals surface area (Å²) in [5.74, 6) is 1.08. The van der Waals surface area contributed by atoms with Crippen molar-refractivity contribution >= 4 is 11.8 Å². The van der Waals surface area contributed by atoms with Gasteiger partial charge in [0.15, 0.2) is 0 Å². The Morgan fingerprint density at radius 3 is 2.80 bits per heavy atom. The first-order valence-electron chi connectivity index (χ1n) is 7.52. The van der Waals surface area contributed by atoms with Crippen molar-refractivity contribution in [2.45, 2.75) is 31.6 Å². The van der Waals surface area contributed by atoms with E-state index in [1.165, 1.54) is 24.4 Å². The van der Waals surface area contributed by atoms with Crippen molar-refractivity contribution < 1.29 is 4.39 Å². The number of benzene rings is 1. The normalized spacial score (nSPS) is 21.9. The molecule has 1 aliphatic rings. The van der Waals surface area contributed by atoms with Gasteiger partial charge in [0.2, 0.25) is 0 Å². The van der Waals surface area contributed by atoms with Gasteiger partial charge in [-0.3, -0.25) is 0 Å². The van der Waals surface area contributed by atoms with Gasteiger partial charge < -0.3 is 10.2 Å². The SMILES string of the molecule is CCNC(CCN1CCSC(C)C1)c1ccc(F)cc1. The zero-order chi connectivity index (χ0) is 14.4. The average Bonchev–Trinajstić information content (AvgIpc) is 2.44. The second kappa shape index (κ2) is 8.01. The summed E-state index contributed by atoms with van der Waals surface area (Å²) >= 11 is 2.07. The Balaban J connectivity index is 1.90. The molecule has 0 spiro atoms. The van der Waals surface area contributed by atoms with Crippen LogP contribution in [0.3, 0.4) is 0 Å². The molecule has 0 amide bonds. The highest BCUT2D eigenvalue weighted by atomic mass is 32.2. The van der Waals surface area contributed by atoms with Gasteiger partial charge in [0.25, 0.3) is 0 Å². The molecule has 0 saturated carbocycles. The van der Waals surface area contributed by atoms with Crippen molar-refractivity contribution in [1.82, 2.24) is 10.2 Å². The van der Waals surface area contributed by atoms with E-state index in [9.17, 15) is 4.39 Å². The Morgan fingerprint density at radius 2 is 2.15 bits per heavy atom. The Morgan fingerprint density at radius 1 is 1.40 bits per heavy atom. The third-order valence-corrected chi connectivity index (χ3v) is 4.92.